The van der Waals surface area contributed by atoms with Crippen LogP contribution < -0.4 is 5.73 Å². The minimum Gasteiger partial charge on any atom is -0.397 e. The molecule has 2 rings (SSSR count). The lowest BCUT2D eigenvalue weighted by Gasteiger charge is -2.21. The van der Waals surface area contributed by atoms with Gasteiger partial charge in [0.25, 0.3) is 5.91 Å². The number of ether oxygens (including phenoxy) is 1. The smallest absolute Gasteiger partial charge is 0.266 e. The highest BCUT2D eigenvalue weighted by Crippen LogP contribution is 2.30. The number of nitrogens with zero attached hydrogens (tertiary/aromatic N) is 1. The molecule has 1 aliphatic rings. The monoisotopic (exact) mass is 240 g/mol. The quantitative estimate of drug-likeness (QED) is 0.850. The fourth-order valence-electron chi connectivity index (χ4n) is 1.65. The topological polar surface area (TPSA) is 55.6 Å². The van der Waals surface area contributed by atoms with E-state index in [1.54, 1.807) is 13.2 Å². The molecule has 0 spiro atoms. The number of nitrogens with two attached hydrogens (primary N) is 1. The van der Waals surface area contributed by atoms with Crippen LogP contribution >= 0.6 is 11.3 Å². The average molecular weight is 240 g/mol. The molecule has 5 heteroatoms. The molecule has 0 atom stereocenters. The molecule has 1 aromatic rings. The summed E-state index contributed by atoms with van der Waals surface area (Å²) >= 11 is 1.41. The van der Waals surface area contributed by atoms with Crippen LogP contribution in [0.25, 0.3) is 0 Å². The van der Waals surface area contributed by atoms with Gasteiger partial charge in [-0.2, -0.15) is 0 Å². The zero-order chi connectivity index (χ0) is 11.5. The molecule has 1 amide bonds. The molecular formula is C11H16N2O2S. The van der Waals surface area contributed by atoms with Gasteiger partial charge in [0.15, 0.2) is 0 Å². The lowest BCUT2D eigenvalue weighted by Crippen LogP contribution is -2.35. The number of thiophene rings is 1. The summed E-state index contributed by atoms with van der Waals surface area (Å²) < 4.78 is 5.03. The first-order chi connectivity index (χ1) is 7.74. The second kappa shape index (κ2) is 4.84. The summed E-state index contributed by atoms with van der Waals surface area (Å²) in [4.78, 5) is 14.8. The number of hydrogen-bond acceptors (Lipinski definition) is 4. The highest BCUT2D eigenvalue weighted by Gasteiger charge is 2.33. The molecule has 1 aliphatic carbocycles. The van der Waals surface area contributed by atoms with Crippen molar-refractivity contribution < 1.29 is 9.53 Å². The Kier molecular flexibility index (Phi) is 3.46. The van der Waals surface area contributed by atoms with Crippen molar-refractivity contribution in [2.24, 2.45) is 0 Å². The number of methoxy groups -OCH3 is 1. The van der Waals surface area contributed by atoms with Gasteiger partial charge in [-0.3, -0.25) is 4.79 Å². The summed E-state index contributed by atoms with van der Waals surface area (Å²) in [5.74, 6) is 0.0482. The Morgan fingerprint density at radius 3 is 2.94 bits per heavy atom. The standard InChI is InChI=1S/C11H16N2O2S/c1-15-6-5-13(8-2-3-8)11(14)10-9(12)4-7-16-10/h4,7-8H,2-3,5-6,12H2,1H3. The molecule has 0 bridgehead atoms. The lowest BCUT2D eigenvalue weighted by atomic mass is 10.3. The Hall–Kier alpha value is -1.07. The van der Waals surface area contributed by atoms with Crippen molar-refractivity contribution in [2.45, 2.75) is 18.9 Å². The van der Waals surface area contributed by atoms with Gasteiger partial charge in [-0.15, -0.1) is 11.3 Å². The van der Waals surface area contributed by atoms with Gasteiger partial charge in [-0.1, -0.05) is 0 Å². The highest BCUT2D eigenvalue weighted by atomic mass is 32.1. The van der Waals surface area contributed by atoms with Crippen LogP contribution in [0, 0.1) is 0 Å². The van der Waals surface area contributed by atoms with Crippen LogP contribution in [0.15, 0.2) is 11.4 Å². The van der Waals surface area contributed by atoms with E-state index < -0.39 is 0 Å². The van der Waals surface area contributed by atoms with E-state index >= 15 is 0 Å². The van der Waals surface area contributed by atoms with Gasteiger partial charge in [0.1, 0.15) is 4.88 Å². The minimum atomic E-state index is 0.0482. The molecule has 1 saturated carbocycles. The molecule has 4 nitrogen and oxygen atoms in total. The van der Waals surface area contributed by atoms with Gasteiger partial charge in [0.05, 0.1) is 12.3 Å². The molecule has 0 unspecified atom stereocenters. The normalized spacial score (nSPS) is 15.1. The molecule has 0 aliphatic heterocycles. The zero-order valence-electron chi connectivity index (χ0n) is 9.31. The number of nitrogen functional groups attached to an aromatic ring is 1. The van der Waals surface area contributed by atoms with Crippen LogP contribution in [-0.2, 0) is 4.74 Å². The molecule has 1 aromatic heterocycles. The Balaban J connectivity index is 2.08. The first kappa shape index (κ1) is 11.4. The summed E-state index contributed by atoms with van der Waals surface area (Å²) in [6.45, 7) is 1.23. The molecule has 0 aromatic carbocycles. The number of hydrogen-bond donors (Lipinski definition) is 1. The van der Waals surface area contributed by atoms with Gasteiger partial charge in [0.2, 0.25) is 0 Å². The average Bonchev–Trinajstić information content (AvgIpc) is 3.01. The van der Waals surface area contributed by atoms with Crippen LogP contribution in [0.1, 0.15) is 22.5 Å². The Bertz CT molecular complexity index is 374. The molecule has 0 radical (unpaired) electrons. The van der Waals surface area contributed by atoms with Crippen molar-refractivity contribution in [3.8, 4) is 0 Å². The molecule has 1 heterocycles. The number of carbonyl (C=O) groups is 1. The summed E-state index contributed by atoms with van der Waals surface area (Å²) in [7, 11) is 1.65. The molecular weight excluding hydrogens is 224 g/mol. The maximum atomic E-state index is 12.2. The maximum Gasteiger partial charge on any atom is 0.266 e. The predicted molar refractivity (Wildman–Crippen MR) is 64.7 cm³/mol. The number of carbonyl (C=O) groups excluding carboxylic acids is 1. The molecule has 88 valence electrons. The van der Waals surface area contributed by atoms with Crippen molar-refractivity contribution in [1.29, 1.82) is 0 Å². The van der Waals surface area contributed by atoms with Crippen LogP contribution in [-0.4, -0.2) is 37.1 Å². The van der Waals surface area contributed by atoms with Crippen molar-refractivity contribution in [2.75, 3.05) is 26.0 Å². The molecule has 2 N–H and O–H groups in total. The van der Waals surface area contributed by atoms with Gasteiger partial charge < -0.3 is 15.4 Å². The van der Waals surface area contributed by atoms with Crippen molar-refractivity contribution in [3.63, 3.8) is 0 Å². The van der Waals surface area contributed by atoms with E-state index in [0.29, 0.717) is 29.8 Å². The second-order valence-corrected chi connectivity index (χ2v) is 4.84. The minimum absolute atomic E-state index is 0.0482. The van der Waals surface area contributed by atoms with E-state index in [9.17, 15) is 4.79 Å². The molecule has 0 saturated heterocycles. The SMILES string of the molecule is COCCN(C(=O)c1sccc1N)C1CC1. The van der Waals surface area contributed by atoms with Crippen molar-refractivity contribution in [1.82, 2.24) is 4.90 Å². The Morgan fingerprint density at radius 2 is 2.44 bits per heavy atom. The second-order valence-electron chi connectivity index (χ2n) is 3.93. The van der Waals surface area contributed by atoms with Gasteiger partial charge >= 0.3 is 0 Å². The van der Waals surface area contributed by atoms with Gasteiger partial charge in [-0.25, -0.2) is 0 Å². The largest absolute Gasteiger partial charge is 0.397 e. The highest BCUT2D eigenvalue weighted by molar-refractivity contribution is 7.12. The molecule has 16 heavy (non-hydrogen) atoms. The van der Waals surface area contributed by atoms with E-state index in [0.717, 1.165) is 12.8 Å². The predicted octanol–water partition coefficient (Wildman–Crippen LogP) is 1.58. The summed E-state index contributed by atoms with van der Waals surface area (Å²) in [6.07, 6.45) is 2.20. The Labute approximate surface area is 99.0 Å². The Morgan fingerprint density at radius 1 is 1.69 bits per heavy atom. The van der Waals surface area contributed by atoms with E-state index in [4.69, 9.17) is 10.5 Å². The van der Waals surface area contributed by atoms with E-state index in [-0.39, 0.29) is 5.91 Å². The third kappa shape index (κ3) is 2.36. The zero-order valence-corrected chi connectivity index (χ0v) is 10.1. The third-order valence-corrected chi connectivity index (χ3v) is 3.59. The van der Waals surface area contributed by atoms with Crippen LogP contribution in [0.2, 0.25) is 0 Å². The van der Waals surface area contributed by atoms with E-state index in [1.165, 1.54) is 11.3 Å². The summed E-state index contributed by atoms with van der Waals surface area (Å²) in [6, 6.07) is 2.17. The fourth-order valence-corrected chi connectivity index (χ4v) is 2.42. The van der Waals surface area contributed by atoms with E-state index in [1.807, 2.05) is 10.3 Å². The first-order valence-corrected chi connectivity index (χ1v) is 6.25. The first-order valence-electron chi connectivity index (χ1n) is 5.37. The summed E-state index contributed by atoms with van der Waals surface area (Å²) in [5, 5.41) is 1.85. The number of rotatable bonds is 5. The van der Waals surface area contributed by atoms with Crippen LogP contribution in [0.4, 0.5) is 5.69 Å². The van der Waals surface area contributed by atoms with Crippen molar-refractivity contribution in [3.05, 3.63) is 16.3 Å². The van der Waals surface area contributed by atoms with Crippen molar-refractivity contribution >= 4 is 22.9 Å². The fraction of sp³-hybridized carbons (Fsp3) is 0.545. The van der Waals surface area contributed by atoms with E-state index in [2.05, 4.69) is 0 Å². The van der Waals surface area contributed by atoms with Gasteiger partial charge in [0, 0.05) is 19.7 Å². The number of anilines is 1. The van der Waals surface area contributed by atoms with Gasteiger partial charge in [-0.05, 0) is 24.3 Å². The maximum absolute atomic E-state index is 12.2. The third-order valence-electron chi connectivity index (χ3n) is 2.67. The summed E-state index contributed by atoms with van der Waals surface area (Å²) in [5.41, 5.74) is 6.34. The van der Waals surface area contributed by atoms with Crippen LogP contribution in [0.3, 0.4) is 0 Å². The molecule has 1 fully saturated rings. The lowest BCUT2D eigenvalue weighted by molar-refractivity contribution is 0.0686. The van der Waals surface area contributed by atoms with Crippen LogP contribution in [0.5, 0.6) is 0 Å². The number of amides is 1.